The molecule has 1 unspecified atom stereocenters. The smallest absolute Gasteiger partial charge is 0.159 e. The Kier molecular flexibility index (Phi) is 4.39. The summed E-state index contributed by atoms with van der Waals surface area (Å²) in [5, 5.41) is 1.16. The maximum absolute atomic E-state index is 11.6. The van der Waals surface area contributed by atoms with Gasteiger partial charge in [0, 0.05) is 28.8 Å². The zero-order valence-electron chi connectivity index (χ0n) is 14.7. The molecule has 3 aromatic rings. The topological polar surface area (TPSA) is 45.8 Å². The average molecular weight is 332 g/mol. The van der Waals surface area contributed by atoms with E-state index in [1.807, 2.05) is 24.4 Å². The van der Waals surface area contributed by atoms with Crippen LogP contribution in [0.3, 0.4) is 0 Å². The normalized spacial score (nSPS) is 16.4. The monoisotopic (exact) mass is 332 g/mol. The van der Waals surface area contributed by atoms with Crippen molar-refractivity contribution in [3.05, 3.63) is 65.5 Å². The molecule has 0 spiro atoms. The van der Waals surface area contributed by atoms with Gasteiger partial charge in [-0.15, -0.1) is 0 Å². The number of benzene rings is 1. The summed E-state index contributed by atoms with van der Waals surface area (Å²) in [5.41, 5.74) is 4.25. The second-order valence-corrected chi connectivity index (χ2v) is 7.28. The summed E-state index contributed by atoms with van der Waals surface area (Å²) < 4.78 is 0. The SMILES string of the molecule is CC(=O)c1ccc(C(CC2CCCC2)c2cc3cccnc3[nH]2)cc1. The van der Waals surface area contributed by atoms with Gasteiger partial charge in [0.15, 0.2) is 5.78 Å². The maximum atomic E-state index is 11.6. The fourth-order valence-electron chi connectivity index (χ4n) is 4.14. The fraction of sp³-hybridized carbons (Fsp3) is 0.364. The van der Waals surface area contributed by atoms with Crippen LogP contribution < -0.4 is 0 Å². The lowest BCUT2D eigenvalue weighted by molar-refractivity contribution is 0.101. The van der Waals surface area contributed by atoms with Gasteiger partial charge in [0.2, 0.25) is 0 Å². The van der Waals surface area contributed by atoms with E-state index in [1.165, 1.54) is 36.9 Å². The zero-order valence-corrected chi connectivity index (χ0v) is 14.7. The number of nitrogens with one attached hydrogen (secondary N) is 1. The first-order valence-electron chi connectivity index (χ1n) is 9.25. The number of carbonyl (C=O) groups is 1. The standard InChI is InChI=1S/C22H24N2O/c1-15(25)17-8-10-18(11-9-17)20(13-16-5-2-3-6-16)21-14-19-7-4-12-23-22(19)24-21/h4,7-12,14,16,20H,2-3,5-6,13H2,1H3,(H,23,24). The molecule has 2 heterocycles. The first-order chi connectivity index (χ1) is 12.2. The lowest BCUT2D eigenvalue weighted by Gasteiger charge is -2.20. The summed E-state index contributed by atoms with van der Waals surface area (Å²) in [7, 11) is 0. The Hall–Kier alpha value is -2.42. The second kappa shape index (κ2) is 6.83. The van der Waals surface area contributed by atoms with Crippen LogP contribution in [-0.4, -0.2) is 15.8 Å². The first-order valence-corrected chi connectivity index (χ1v) is 9.25. The molecule has 1 N–H and O–H groups in total. The number of carbonyl (C=O) groups excluding carboxylic acids is 1. The van der Waals surface area contributed by atoms with Crippen LogP contribution in [0.15, 0.2) is 48.7 Å². The Bertz CT molecular complexity index is 839. The van der Waals surface area contributed by atoms with Crippen molar-refractivity contribution in [3.8, 4) is 0 Å². The Morgan fingerprint density at radius 3 is 2.64 bits per heavy atom. The number of hydrogen-bond acceptors (Lipinski definition) is 2. The number of fused-ring (bicyclic) bond motifs is 1. The number of nitrogens with zero attached hydrogens (tertiary/aromatic N) is 1. The number of H-pyrrole nitrogens is 1. The van der Waals surface area contributed by atoms with E-state index in [4.69, 9.17) is 0 Å². The third-order valence-electron chi connectivity index (χ3n) is 5.55. The molecule has 1 atom stereocenters. The Balaban J connectivity index is 1.70. The van der Waals surface area contributed by atoms with Crippen molar-refractivity contribution in [1.82, 2.24) is 9.97 Å². The number of Topliss-reactive ketones (excluding diaryl/α,β-unsaturated/α-hetero) is 1. The highest BCUT2D eigenvalue weighted by atomic mass is 16.1. The van der Waals surface area contributed by atoms with Crippen molar-refractivity contribution in [1.29, 1.82) is 0 Å². The molecule has 1 fully saturated rings. The molecule has 1 aromatic carbocycles. The molecule has 128 valence electrons. The molecule has 0 aliphatic heterocycles. The highest BCUT2D eigenvalue weighted by Crippen LogP contribution is 2.38. The summed E-state index contributed by atoms with van der Waals surface area (Å²) in [5.74, 6) is 1.24. The Morgan fingerprint density at radius 1 is 1.20 bits per heavy atom. The highest BCUT2D eigenvalue weighted by Gasteiger charge is 2.24. The molecule has 3 heteroatoms. The summed E-state index contributed by atoms with van der Waals surface area (Å²) >= 11 is 0. The molecule has 0 radical (unpaired) electrons. The minimum absolute atomic E-state index is 0.119. The van der Waals surface area contributed by atoms with Crippen molar-refractivity contribution in [2.75, 3.05) is 0 Å². The van der Waals surface area contributed by atoms with Gasteiger partial charge in [0.1, 0.15) is 5.65 Å². The number of hydrogen-bond donors (Lipinski definition) is 1. The molecule has 4 rings (SSSR count). The van der Waals surface area contributed by atoms with Crippen LogP contribution in [0.5, 0.6) is 0 Å². The van der Waals surface area contributed by atoms with Gasteiger partial charge in [-0.3, -0.25) is 4.79 Å². The maximum Gasteiger partial charge on any atom is 0.159 e. The predicted molar refractivity (Wildman–Crippen MR) is 101 cm³/mol. The molecule has 0 amide bonds. The van der Waals surface area contributed by atoms with Crippen LogP contribution in [-0.2, 0) is 0 Å². The molecular formula is C22H24N2O. The minimum atomic E-state index is 0.119. The third-order valence-corrected chi connectivity index (χ3v) is 5.55. The van der Waals surface area contributed by atoms with Crippen molar-refractivity contribution in [2.45, 2.75) is 44.9 Å². The summed E-state index contributed by atoms with van der Waals surface area (Å²) in [6.07, 6.45) is 8.37. The number of aromatic amines is 1. The summed E-state index contributed by atoms with van der Waals surface area (Å²) in [6, 6.07) is 14.5. The quantitative estimate of drug-likeness (QED) is 0.629. The number of ketones is 1. The van der Waals surface area contributed by atoms with E-state index in [2.05, 4.69) is 34.2 Å². The first kappa shape index (κ1) is 16.1. The van der Waals surface area contributed by atoms with Gasteiger partial charge < -0.3 is 4.98 Å². The lowest BCUT2D eigenvalue weighted by atomic mass is 9.85. The number of rotatable bonds is 5. The number of pyridine rings is 1. The van der Waals surface area contributed by atoms with E-state index >= 15 is 0 Å². The second-order valence-electron chi connectivity index (χ2n) is 7.28. The van der Waals surface area contributed by atoms with Gasteiger partial charge in [0.05, 0.1) is 0 Å². The largest absolute Gasteiger partial charge is 0.343 e. The van der Waals surface area contributed by atoms with E-state index in [1.54, 1.807) is 6.92 Å². The van der Waals surface area contributed by atoms with Crippen LogP contribution in [0.1, 0.15) is 66.6 Å². The summed E-state index contributed by atoms with van der Waals surface area (Å²) in [4.78, 5) is 19.6. The van der Waals surface area contributed by atoms with Gasteiger partial charge in [-0.2, -0.15) is 0 Å². The van der Waals surface area contributed by atoms with Gasteiger partial charge >= 0.3 is 0 Å². The average Bonchev–Trinajstić information content (AvgIpc) is 3.29. The van der Waals surface area contributed by atoms with Gasteiger partial charge in [-0.05, 0) is 43.0 Å². The van der Waals surface area contributed by atoms with Gasteiger partial charge in [0.25, 0.3) is 0 Å². The predicted octanol–water partition coefficient (Wildman–Crippen LogP) is 5.48. The van der Waals surface area contributed by atoms with Crippen LogP contribution in [0, 0.1) is 5.92 Å². The van der Waals surface area contributed by atoms with Crippen LogP contribution in [0.4, 0.5) is 0 Å². The Labute approximate surface area is 148 Å². The molecule has 0 saturated heterocycles. The van der Waals surface area contributed by atoms with E-state index in [0.717, 1.165) is 28.9 Å². The lowest BCUT2D eigenvalue weighted by Crippen LogP contribution is -2.08. The van der Waals surface area contributed by atoms with Gasteiger partial charge in [-0.25, -0.2) is 4.98 Å². The molecular weight excluding hydrogens is 308 g/mol. The van der Waals surface area contributed by atoms with Gasteiger partial charge in [-0.1, -0.05) is 49.9 Å². The molecule has 25 heavy (non-hydrogen) atoms. The van der Waals surface area contributed by atoms with E-state index in [-0.39, 0.29) is 5.78 Å². The van der Waals surface area contributed by atoms with E-state index < -0.39 is 0 Å². The Morgan fingerprint density at radius 2 is 1.96 bits per heavy atom. The molecule has 3 nitrogen and oxygen atoms in total. The van der Waals surface area contributed by atoms with Crippen molar-refractivity contribution >= 4 is 16.8 Å². The summed E-state index contributed by atoms with van der Waals surface area (Å²) in [6.45, 7) is 1.62. The molecule has 1 aliphatic rings. The molecule has 1 saturated carbocycles. The van der Waals surface area contributed by atoms with Crippen molar-refractivity contribution in [2.24, 2.45) is 5.92 Å². The molecule has 2 aromatic heterocycles. The van der Waals surface area contributed by atoms with Crippen molar-refractivity contribution in [3.63, 3.8) is 0 Å². The fourth-order valence-corrected chi connectivity index (χ4v) is 4.14. The minimum Gasteiger partial charge on any atom is -0.343 e. The molecule has 0 bridgehead atoms. The van der Waals surface area contributed by atoms with E-state index in [9.17, 15) is 4.79 Å². The van der Waals surface area contributed by atoms with Crippen molar-refractivity contribution < 1.29 is 4.79 Å². The number of aromatic nitrogens is 2. The van der Waals surface area contributed by atoms with E-state index in [0.29, 0.717) is 5.92 Å². The zero-order chi connectivity index (χ0) is 17.2. The molecule has 1 aliphatic carbocycles. The van der Waals surface area contributed by atoms with Crippen LogP contribution in [0.25, 0.3) is 11.0 Å². The van der Waals surface area contributed by atoms with Crippen LogP contribution >= 0.6 is 0 Å². The highest BCUT2D eigenvalue weighted by molar-refractivity contribution is 5.94. The third kappa shape index (κ3) is 3.37. The van der Waals surface area contributed by atoms with Crippen LogP contribution in [0.2, 0.25) is 0 Å².